The molecule has 0 unspecified atom stereocenters. The Balaban J connectivity index is 1.48. The lowest BCUT2D eigenvalue weighted by molar-refractivity contribution is 0.0785. The van der Waals surface area contributed by atoms with E-state index < -0.39 is 12.2 Å². The number of rotatable bonds is 5. The lowest BCUT2D eigenvalue weighted by atomic mass is 10.0. The van der Waals surface area contributed by atoms with Gasteiger partial charge in [-0.15, -0.1) is 0 Å². The molecule has 0 saturated carbocycles. The number of fused-ring (bicyclic) bond motifs is 1. The summed E-state index contributed by atoms with van der Waals surface area (Å²) in [5, 5.41) is 0. The van der Waals surface area contributed by atoms with Crippen molar-refractivity contribution < 1.29 is 13.6 Å². The van der Waals surface area contributed by atoms with E-state index in [1.54, 1.807) is 30.1 Å². The van der Waals surface area contributed by atoms with Crippen molar-refractivity contribution in [2.24, 2.45) is 0 Å². The summed E-state index contributed by atoms with van der Waals surface area (Å²) in [6.07, 6.45) is -2.68. The monoisotopic (exact) mass is 391 g/mol. The number of aromatic nitrogens is 2. The van der Waals surface area contributed by atoms with Gasteiger partial charge in [0.15, 0.2) is 5.82 Å². The number of aromatic amines is 1. The highest BCUT2D eigenvalue weighted by Crippen LogP contribution is 2.22. The first kappa shape index (κ1) is 18.8. The molecule has 1 heterocycles. The molecule has 0 radical (unpaired) electrons. The van der Waals surface area contributed by atoms with Gasteiger partial charge in [0.1, 0.15) is 0 Å². The largest absolute Gasteiger partial charge is 0.337 e. The smallest absolute Gasteiger partial charge is 0.295 e. The number of hydrogen-bond donors (Lipinski definition) is 1. The Kier molecular flexibility index (Phi) is 5.08. The fraction of sp³-hybridized carbons (Fsp3) is 0.130. The number of amides is 1. The van der Waals surface area contributed by atoms with E-state index in [0.717, 1.165) is 16.7 Å². The number of halogens is 2. The van der Waals surface area contributed by atoms with Gasteiger partial charge in [-0.25, -0.2) is 13.8 Å². The lowest BCUT2D eigenvalue weighted by Gasteiger charge is -2.17. The van der Waals surface area contributed by atoms with Crippen molar-refractivity contribution in [1.82, 2.24) is 14.9 Å². The zero-order valence-corrected chi connectivity index (χ0v) is 15.8. The van der Waals surface area contributed by atoms with E-state index >= 15 is 0 Å². The molecule has 0 aliphatic carbocycles. The minimum Gasteiger partial charge on any atom is -0.337 e. The van der Waals surface area contributed by atoms with Crippen molar-refractivity contribution in [3.63, 3.8) is 0 Å². The van der Waals surface area contributed by atoms with E-state index in [1.807, 2.05) is 42.5 Å². The van der Waals surface area contributed by atoms with Crippen LogP contribution in [0.2, 0.25) is 0 Å². The third-order valence-electron chi connectivity index (χ3n) is 4.78. The normalized spacial score (nSPS) is 11.2. The van der Waals surface area contributed by atoms with Gasteiger partial charge in [0, 0.05) is 19.2 Å². The summed E-state index contributed by atoms with van der Waals surface area (Å²) in [5.74, 6) is -0.580. The van der Waals surface area contributed by atoms with E-state index in [4.69, 9.17) is 0 Å². The van der Waals surface area contributed by atoms with Crippen LogP contribution in [0.5, 0.6) is 0 Å². The predicted octanol–water partition coefficient (Wildman–Crippen LogP) is 5.44. The summed E-state index contributed by atoms with van der Waals surface area (Å²) in [6, 6.07) is 22.9. The van der Waals surface area contributed by atoms with E-state index in [2.05, 4.69) is 22.1 Å². The number of alkyl halides is 2. The molecule has 0 fully saturated rings. The molecule has 0 bridgehead atoms. The second-order valence-corrected chi connectivity index (χ2v) is 6.88. The number of imidazole rings is 1. The van der Waals surface area contributed by atoms with Crippen LogP contribution in [0.3, 0.4) is 0 Å². The fourth-order valence-electron chi connectivity index (χ4n) is 3.26. The number of hydrogen-bond acceptors (Lipinski definition) is 2. The minimum absolute atomic E-state index is 0.188. The van der Waals surface area contributed by atoms with Crippen molar-refractivity contribution in [3.8, 4) is 11.1 Å². The molecule has 0 atom stereocenters. The van der Waals surface area contributed by atoms with Gasteiger partial charge in [0.25, 0.3) is 12.3 Å². The Labute approximate surface area is 166 Å². The average molecular weight is 391 g/mol. The molecule has 4 rings (SSSR count). The van der Waals surface area contributed by atoms with Crippen LogP contribution >= 0.6 is 0 Å². The van der Waals surface area contributed by atoms with E-state index in [-0.39, 0.29) is 5.91 Å². The number of carbonyl (C=O) groups excluding carboxylic acids is 1. The highest BCUT2D eigenvalue weighted by Gasteiger charge is 2.16. The van der Waals surface area contributed by atoms with Crippen LogP contribution in [0.25, 0.3) is 22.2 Å². The average Bonchev–Trinajstić information content (AvgIpc) is 3.18. The van der Waals surface area contributed by atoms with E-state index in [0.29, 0.717) is 23.1 Å². The molecule has 0 aliphatic heterocycles. The Hall–Kier alpha value is -3.54. The maximum absolute atomic E-state index is 12.8. The van der Waals surface area contributed by atoms with Gasteiger partial charge in [-0.3, -0.25) is 4.79 Å². The fourth-order valence-corrected chi connectivity index (χ4v) is 3.26. The molecule has 1 N–H and O–H groups in total. The zero-order valence-electron chi connectivity index (χ0n) is 15.8. The molecular formula is C23H19F2N3O. The SMILES string of the molecule is CN(Cc1ccc(-c2ccccc2)cc1)C(=O)c1ccc2nc(C(F)F)[nH]c2c1. The molecular weight excluding hydrogens is 372 g/mol. The minimum atomic E-state index is -2.68. The van der Waals surface area contributed by atoms with Crippen molar-refractivity contribution in [3.05, 3.63) is 89.7 Å². The zero-order chi connectivity index (χ0) is 20.4. The molecule has 1 aromatic heterocycles. The molecule has 29 heavy (non-hydrogen) atoms. The third-order valence-corrected chi connectivity index (χ3v) is 4.78. The maximum atomic E-state index is 12.8. The Morgan fingerprint density at radius 1 is 1.00 bits per heavy atom. The van der Waals surface area contributed by atoms with Gasteiger partial charge in [-0.2, -0.15) is 0 Å². The van der Waals surface area contributed by atoms with Crippen LogP contribution in [0.1, 0.15) is 28.2 Å². The van der Waals surface area contributed by atoms with E-state index in [9.17, 15) is 13.6 Å². The van der Waals surface area contributed by atoms with Crippen LogP contribution < -0.4 is 0 Å². The van der Waals surface area contributed by atoms with Crippen LogP contribution in [-0.2, 0) is 6.54 Å². The van der Waals surface area contributed by atoms with Crippen molar-refractivity contribution in [2.45, 2.75) is 13.0 Å². The molecule has 0 spiro atoms. The third kappa shape index (κ3) is 4.01. The van der Waals surface area contributed by atoms with Gasteiger partial charge < -0.3 is 9.88 Å². The number of nitrogens with zero attached hydrogens (tertiary/aromatic N) is 2. The number of carbonyl (C=O) groups is 1. The van der Waals surface area contributed by atoms with Gasteiger partial charge in [-0.1, -0.05) is 54.6 Å². The summed E-state index contributed by atoms with van der Waals surface area (Å²) < 4.78 is 25.6. The first-order valence-corrected chi connectivity index (χ1v) is 9.19. The molecule has 6 heteroatoms. The van der Waals surface area contributed by atoms with Crippen LogP contribution in [0.15, 0.2) is 72.8 Å². The van der Waals surface area contributed by atoms with Crippen LogP contribution in [-0.4, -0.2) is 27.8 Å². The molecule has 4 aromatic rings. The Morgan fingerprint density at radius 2 is 1.69 bits per heavy atom. The topological polar surface area (TPSA) is 49.0 Å². The Bertz CT molecular complexity index is 1140. The van der Waals surface area contributed by atoms with Gasteiger partial charge in [0.2, 0.25) is 0 Å². The molecule has 0 aliphatic rings. The summed E-state index contributed by atoms with van der Waals surface area (Å²) in [4.78, 5) is 20.8. The molecule has 146 valence electrons. The highest BCUT2D eigenvalue weighted by atomic mass is 19.3. The predicted molar refractivity (Wildman–Crippen MR) is 109 cm³/mol. The molecule has 1 amide bonds. The second kappa shape index (κ2) is 7.83. The lowest BCUT2D eigenvalue weighted by Crippen LogP contribution is -2.26. The summed E-state index contributed by atoms with van der Waals surface area (Å²) in [6.45, 7) is 0.442. The second-order valence-electron chi connectivity index (χ2n) is 6.88. The van der Waals surface area contributed by atoms with Crippen LogP contribution in [0, 0.1) is 0 Å². The van der Waals surface area contributed by atoms with E-state index in [1.165, 1.54) is 0 Å². The van der Waals surface area contributed by atoms with Gasteiger partial charge in [-0.05, 0) is 34.9 Å². The van der Waals surface area contributed by atoms with Gasteiger partial charge in [0.05, 0.1) is 11.0 Å². The number of benzene rings is 3. The first-order chi connectivity index (χ1) is 14.0. The number of nitrogens with one attached hydrogen (secondary N) is 1. The number of H-pyrrole nitrogens is 1. The van der Waals surface area contributed by atoms with Crippen molar-refractivity contribution in [1.29, 1.82) is 0 Å². The molecule has 0 saturated heterocycles. The maximum Gasteiger partial charge on any atom is 0.295 e. The summed E-state index contributed by atoms with van der Waals surface area (Å²) in [7, 11) is 1.72. The van der Waals surface area contributed by atoms with Crippen molar-refractivity contribution in [2.75, 3.05) is 7.05 Å². The summed E-state index contributed by atoms with van der Waals surface area (Å²) >= 11 is 0. The van der Waals surface area contributed by atoms with Crippen molar-refractivity contribution >= 4 is 16.9 Å². The Morgan fingerprint density at radius 3 is 2.38 bits per heavy atom. The standard InChI is InChI=1S/C23H19F2N3O/c1-28(14-15-7-9-17(10-8-15)16-5-3-2-4-6-16)23(29)18-11-12-19-20(13-18)27-22(26-19)21(24)25/h2-13,21H,14H2,1H3,(H,26,27). The van der Waals surface area contributed by atoms with Gasteiger partial charge >= 0.3 is 0 Å². The van der Waals surface area contributed by atoms with Crippen LogP contribution in [0.4, 0.5) is 8.78 Å². The molecule has 4 nitrogen and oxygen atoms in total. The quantitative estimate of drug-likeness (QED) is 0.492. The molecule has 3 aromatic carbocycles. The summed E-state index contributed by atoms with van der Waals surface area (Å²) in [5.41, 5.74) is 4.51. The first-order valence-electron chi connectivity index (χ1n) is 9.19. The highest BCUT2D eigenvalue weighted by molar-refractivity contribution is 5.97.